The predicted octanol–water partition coefficient (Wildman–Crippen LogP) is 1.49. The van der Waals surface area contributed by atoms with E-state index < -0.39 is 5.91 Å². The number of fused-ring (bicyclic) bond motifs is 1. The number of rotatable bonds is 4. The van der Waals surface area contributed by atoms with E-state index in [1.54, 1.807) is 10.9 Å². The lowest BCUT2D eigenvalue weighted by atomic mass is 10.1. The van der Waals surface area contributed by atoms with Crippen LogP contribution < -0.4 is 5.73 Å². The molecule has 1 aliphatic rings. The van der Waals surface area contributed by atoms with E-state index in [1.165, 1.54) is 6.20 Å². The van der Waals surface area contributed by atoms with Gasteiger partial charge in [-0.25, -0.2) is 0 Å². The number of likely N-dealkylation sites (tertiary alicyclic amines) is 1. The molecule has 0 bridgehead atoms. The van der Waals surface area contributed by atoms with Gasteiger partial charge in [0.25, 0.3) is 5.91 Å². The highest BCUT2D eigenvalue weighted by molar-refractivity contribution is 5.92. The third-order valence-electron chi connectivity index (χ3n) is 5.10. The summed E-state index contributed by atoms with van der Waals surface area (Å²) < 4.78 is 3.80. The summed E-state index contributed by atoms with van der Waals surface area (Å²) in [5.74, 6) is -0.371. The zero-order chi connectivity index (χ0) is 18.3. The minimum Gasteiger partial charge on any atom is -0.366 e. The highest BCUT2D eigenvalue weighted by atomic mass is 16.2. The largest absolute Gasteiger partial charge is 0.366 e. The average molecular weight is 351 g/mol. The average Bonchev–Trinajstić information content (AvgIpc) is 3.34. The van der Waals surface area contributed by atoms with Crippen molar-refractivity contribution in [3.8, 4) is 0 Å². The molecule has 1 aromatic carbocycles. The Morgan fingerprint density at radius 2 is 2.08 bits per heavy atom. The van der Waals surface area contributed by atoms with E-state index in [4.69, 9.17) is 5.73 Å². The second kappa shape index (κ2) is 6.33. The molecular formula is C19H21N5O2. The lowest BCUT2D eigenvalue weighted by Crippen LogP contribution is -2.30. The predicted molar refractivity (Wildman–Crippen MR) is 97.6 cm³/mol. The first-order chi connectivity index (χ1) is 12.5. The summed E-state index contributed by atoms with van der Waals surface area (Å²) in [6, 6.07) is 8.20. The molecule has 2 N–H and O–H groups in total. The van der Waals surface area contributed by atoms with E-state index in [-0.39, 0.29) is 11.9 Å². The zero-order valence-corrected chi connectivity index (χ0v) is 14.6. The van der Waals surface area contributed by atoms with Gasteiger partial charge in [-0.1, -0.05) is 18.2 Å². The summed E-state index contributed by atoms with van der Waals surface area (Å²) in [7, 11) is 2.00. The van der Waals surface area contributed by atoms with E-state index in [0.717, 1.165) is 22.9 Å². The molecule has 4 rings (SSSR count). The topological polar surface area (TPSA) is 86.1 Å². The van der Waals surface area contributed by atoms with Crippen LogP contribution in [0.25, 0.3) is 10.9 Å². The van der Waals surface area contributed by atoms with Gasteiger partial charge in [-0.2, -0.15) is 5.10 Å². The molecule has 1 atom stereocenters. The lowest BCUT2D eigenvalue weighted by Gasteiger charge is -2.16. The number of hydrogen-bond donors (Lipinski definition) is 1. The third-order valence-corrected chi connectivity index (χ3v) is 5.10. The SMILES string of the molecule is Cn1cc(CC(=O)N2CCC(n3cc(C(N)=O)cn3)C2)c2ccccc21. The number of hydrogen-bond acceptors (Lipinski definition) is 3. The van der Waals surface area contributed by atoms with Crippen molar-refractivity contribution in [1.82, 2.24) is 19.2 Å². The van der Waals surface area contributed by atoms with Crippen LogP contribution in [0, 0.1) is 0 Å². The molecule has 7 nitrogen and oxygen atoms in total. The summed E-state index contributed by atoms with van der Waals surface area (Å²) in [5.41, 5.74) is 7.85. The Balaban J connectivity index is 1.46. The summed E-state index contributed by atoms with van der Waals surface area (Å²) in [4.78, 5) is 25.9. The van der Waals surface area contributed by atoms with Gasteiger partial charge in [0.05, 0.1) is 24.2 Å². The molecule has 0 saturated carbocycles. The number of aryl methyl sites for hydroxylation is 1. The monoisotopic (exact) mass is 351 g/mol. The van der Waals surface area contributed by atoms with Crippen LogP contribution in [0.2, 0.25) is 0 Å². The number of para-hydroxylation sites is 1. The number of carbonyl (C=O) groups is 2. The highest BCUT2D eigenvalue weighted by Crippen LogP contribution is 2.25. The normalized spacial score (nSPS) is 17.1. The quantitative estimate of drug-likeness (QED) is 0.773. The molecule has 0 aliphatic carbocycles. The molecule has 1 saturated heterocycles. The van der Waals surface area contributed by atoms with Crippen molar-refractivity contribution in [3.05, 3.63) is 54.0 Å². The Labute approximate surface area is 151 Å². The second-order valence-electron chi connectivity index (χ2n) is 6.81. The van der Waals surface area contributed by atoms with Gasteiger partial charge in [-0.3, -0.25) is 14.3 Å². The van der Waals surface area contributed by atoms with Crippen molar-refractivity contribution >= 4 is 22.7 Å². The van der Waals surface area contributed by atoms with Crippen molar-refractivity contribution in [2.45, 2.75) is 18.9 Å². The number of aromatic nitrogens is 3. The van der Waals surface area contributed by atoms with E-state index in [9.17, 15) is 9.59 Å². The minimum absolute atomic E-state index is 0.0829. The van der Waals surface area contributed by atoms with Crippen LogP contribution in [-0.2, 0) is 18.3 Å². The summed E-state index contributed by atoms with van der Waals surface area (Å²) >= 11 is 0. The molecule has 0 radical (unpaired) electrons. The Bertz CT molecular complexity index is 987. The second-order valence-corrected chi connectivity index (χ2v) is 6.81. The number of nitrogens with zero attached hydrogens (tertiary/aromatic N) is 4. The van der Waals surface area contributed by atoms with E-state index in [2.05, 4.69) is 21.8 Å². The van der Waals surface area contributed by atoms with Crippen LogP contribution in [0.5, 0.6) is 0 Å². The van der Waals surface area contributed by atoms with Crippen molar-refractivity contribution in [1.29, 1.82) is 0 Å². The Kier molecular flexibility index (Phi) is 3.99. The number of nitrogens with two attached hydrogens (primary N) is 1. The first-order valence-electron chi connectivity index (χ1n) is 8.67. The first-order valence-corrected chi connectivity index (χ1v) is 8.67. The van der Waals surface area contributed by atoms with Gasteiger partial charge in [0.15, 0.2) is 0 Å². The number of carbonyl (C=O) groups excluding carboxylic acids is 2. The molecule has 7 heteroatoms. The molecule has 3 aromatic rings. The fourth-order valence-electron chi connectivity index (χ4n) is 3.69. The molecule has 0 spiro atoms. The smallest absolute Gasteiger partial charge is 0.251 e. The van der Waals surface area contributed by atoms with E-state index in [1.807, 2.05) is 30.3 Å². The van der Waals surface area contributed by atoms with Crippen LogP contribution in [-0.4, -0.2) is 44.2 Å². The maximum Gasteiger partial charge on any atom is 0.251 e. The summed E-state index contributed by atoms with van der Waals surface area (Å²) in [6.07, 6.45) is 6.37. The fourth-order valence-corrected chi connectivity index (χ4v) is 3.69. The molecule has 26 heavy (non-hydrogen) atoms. The van der Waals surface area contributed by atoms with Crippen molar-refractivity contribution < 1.29 is 9.59 Å². The Hall–Kier alpha value is -3.09. The molecule has 1 aliphatic heterocycles. The molecular weight excluding hydrogens is 330 g/mol. The number of amides is 2. The standard InChI is InChI=1S/C19H21N5O2/c1-22-10-13(16-4-2-3-5-17(16)22)8-18(25)23-7-6-15(12-23)24-11-14(9-21-24)19(20)26/h2-5,9-11,15H,6-8,12H2,1H3,(H2,20,26). The van der Waals surface area contributed by atoms with Gasteiger partial charge in [0.2, 0.25) is 5.91 Å². The fraction of sp³-hybridized carbons (Fsp3) is 0.316. The number of benzene rings is 1. The van der Waals surface area contributed by atoms with Crippen LogP contribution in [0.1, 0.15) is 28.4 Å². The van der Waals surface area contributed by atoms with Crippen LogP contribution in [0.3, 0.4) is 0 Å². The van der Waals surface area contributed by atoms with Crippen LogP contribution in [0.4, 0.5) is 0 Å². The van der Waals surface area contributed by atoms with Crippen molar-refractivity contribution in [3.63, 3.8) is 0 Å². The summed E-state index contributed by atoms with van der Waals surface area (Å²) in [5, 5.41) is 5.34. The van der Waals surface area contributed by atoms with Gasteiger partial charge in [0.1, 0.15) is 0 Å². The van der Waals surface area contributed by atoms with Crippen molar-refractivity contribution in [2.75, 3.05) is 13.1 Å². The zero-order valence-electron chi connectivity index (χ0n) is 14.6. The minimum atomic E-state index is -0.488. The molecule has 1 fully saturated rings. The summed E-state index contributed by atoms with van der Waals surface area (Å²) in [6.45, 7) is 1.30. The van der Waals surface area contributed by atoms with Crippen LogP contribution >= 0.6 is 0 Å². The Morgan fingerprint density at radius 1 is 1.27 bits per heavy atom. The van der Waals surface area contributed by atoms with Gasteiger partial charge in [0, 0.05) is 43.4 Å². The van der Waals surface area contributed by atoms with Crippen molar-refractivity contribution in [2.24, 2.45) is 12.8 Å². The maximum absolute atomic E-state index is 12.8. The van der Waals surface area contributed by atoms with E-state index >= 15 is 0 Å². The third kappa shape index (κ3) is 2.85. The van der Waals surface area contributed by atoms with E-state index in [0.29, 0.717) is 25.1 Å². The van der Waals surface area contributed by atoms with Gasteiger partial charge in [-0.05, 0) is 18.1 Å². The lowest BCUT2D eigenvalue weighted by molar-refractivity contribution is -0.129. The van der Waals surface area contributed by atoms with Gasteiger partial charge >= 0.3 is 0 Å². The maximum atomic E-state index is 12.8. The highest BCUT2D eigenvalue weighted by Gasteiger charge is 2.28. The molecule has 3 heterocycles. The Morgan fingerprint density at radius 3 is 2.85 bits per heavy atom. The molecule has 134 valence electrons. The molecule has 1 unspecified atom stereocenters. The van der Waals surface area contributed by atoms with Crippen LogP contribution in [0.15, 0.2) is 42.9 Å². The first kappa shape index (κ1) is 16.4. The van der Waals surface area contributed by atoms with Gasteiger partial charge < -0.3 is 15.2 Å². The molecule has 2 aromatic heterocycles. The van der Waals surface area contributed by atoms with Gasteiger partial charge in [-0.15, -0.1) is 0 Å². The number of primary amides is 1. The molecule has 2 amide bonds.